The minimum Gasteiger partial charge on any atom is -0.492 e. The summed E-state index contributed by atoms with van der Waals surface area (Å²) in [6.07, 6.45) is 0.541. The lowest BCUT2D eigenvalue weighted by atomic mass is 10.1. The lowest BCUT2D eigenvalue weighted by Crippen LogP contribution is -2.35. The first-order valence-electron chi connectivity index (χ1n) is 6.51. The predicted octanol–water partition coefficient (Wildman–Crippen LogP) is 1.26. The van der Waals surface area contributed by atoms with Crippen LogP contribution in [0.15, 0.2) is 18.2 Å². The molecule has 116 valence electrons. The van der Waals surface area contributed by atoms with E-state index in [0.29, 0.717) is 17.9 Å². The Morgan fingerprint density at radius 2 is 2.19 bits per heavy atom. The number of anilines is 1. The standard InChI is InChI=1S/C13H19N3O5/c1-3-11(14)13(17)15-12-8-10(5-4-9(12)2)20-6-7-21-16(18)19/h4-5,8,11H,3,6-7,14H2,1-2H3,(H,15,17). The van der Waals surface area contributed by atoms with Crippen LogP contribution in [0.3, 0.4) is 0 Å². The number of nitrogens with one attached hydrogen (secondary N) is 1. The Hall–Kier alpha value is -2.35. The summed E-state index contributed by atoms with van der Waals surface area (Å²) in [5.74, 6) is 0.211. The quantitative estimate of drug-likeness (QED) is 0.424. The van der Waals surface area contributed by atoms with Crippen LogP contribution in [0, 0.1) is 17.0 Å². The zero-order valence-corrected chi connectivity index (χ0v) is 12.0. The number of hydrogen-bond donors (Lipinski definition) is 2. The molecule has 21 heavy (non-hydrogen) atoms. The van der Waals surface area contributed by atoms with Crippen LogP contribution in [0.4, 0.5) is 5.69 Å². The molecule has 1 aromatic rings. The molecule has 1 amide bonds. The summed E-state index contributed by atoms with van der Waals surface area (Å²) in [6, 6.07) is 4.55. The molecule has 0 aliphatic heterocycles. The van der Waals surface area contributed by atoms with E-state index in [2.05, 4.69) is 10.2 Å². The van der Waals surface area contributed by atoms with Gasteiger partial charge in [0.1, 0.15) is 19.0 Å². The number of carbonyl (C=O) groups is 1. The molecule has 0 spiro atoms. The maximum atomic E-state index is 11.8. The second-order valence-electron chi connectivity index (χ2n) is 4.39. The van der Waals surface area contributed by atoms with Crippen molar-refractivity contribution in [3.05, 3.63) is 33.9 Å². The van der Waals surface area contributed by atoms with Crippen LogP contribution in [0.5, 0.6) is 5.75 Å². The number of nitrogens with zero attached hydrogens (tertiary/aromatic N) is 1. The van der Waals surface area contributed by atoms with Gasteiger partial charge in [0.2, 0.25) is 5.91 Å². The van der Waals surface area contributed by atoms with Crippen molar-refractivity contribution in [3.63, 3.8) is 0 Å². The third kappa shape index (κ3) is 5.65. The van der Waals surface area contributed by atoms with Crippen molar-refractivity contribution in [3.8, 4) is 5.75 Å². The minimum atomic E-state index is -0.879. The summed E-state index contributed by atoms with van der Waals surface area (Å²) in [4.78, 5) is 25.9. The second kappa shape index (κ2) is 8.05. The highest BCUT2D eigenvalue weighted by molar-refractivity contribution is 5.95. The smallest absolute Gasteiger partial charge is 0.294 e. The van der Waals surface area contributed by atoms with Gasteiger partial charge in [-0.3, -0.25) is 4.79 Å². The molecule has 1 aromatic carbocycles. The van der Waals surface area contributed by atoms with E-state index in [-0.39, 0.29) is 19.1 Å². The number of nitrogens with two attached hydrogens (primary N) is 1. The molecular formula is C13H19N3O5. The van der Waals surface area contributed by atoms with Crippen molar-refractivity contribution < 1.29 is 19.5 Å². The predicted molar refractivity (Wildman–Crippen MR) is 76.5 cm³/mol. The lowest BCUT2D eigenvalue weighted by Gasteiger charge is -2.14. The van der Waals surface area contributed by atoms with E-state index in [1.807, 2.05) is 13.8 Å². The average Bonchev–Trinajstić information content (AvgIpc) is 2.45. The van der Waals surface area contributed by atoms with Crippen molar-refractivity contribution in [1.82, 2.24) is 0 Å². The maximum absolute atomic E-state index is 11.8. The van der Waals surface area contributed by atoms with Gasteiger partial charge in [-0.2, -0.15) is 0 Å². The summed E-state index contributed by atoms with van der Waals surface area (Å²) in [6.45, 7) is 3.54. The van der Waals surface area contributed by atoms with Crippen LogP contribution < -0.4 is 15.8 Å². The highest BCUT2D eigenvalue weighted by Gasteiger charge is 2.12. The Morgan fingerprint density at radius 1 is 1.48 bits per heavy atom. The fourth-order valence-corrected chi connectivity index (χ4v) is 1.51. The van der Waals surface area contributed by atoms with Crippen molar-refractivity contribution >= 4 is 11.6 Å². The Bertz CT molecular complexity index is 507. The first kappa shape index (κ1) is 16.7. The lowest BCUT2D eigenvalue weighted by molar-refractivity contribution is -0.757. The molecular weight excluding hydrogens is 278 g/mol. The van der Waals surface area contributed by atoms with Crippen molar-refractivity contribution in [2.24, 2.45) is 5.73 Å². The Kier molecular flexibility index (Phi) is 6.41. The maximum Gasteiger partial charge on any atom is 0.294 e. The molecule has 8 heteroatoms. The summed E-state index contributed by atoms with van der Waals surface area (Å²) < 4.78 is 5.31. The fourth-order valence-electron chi connectivity index (χ4n) is 1.51. The summed E-state index contributed by atoms with van der Waals surface area (Å²) in [7, 11) is 0. The SMILES string of the molecule is CCC(N)C(=O)Nc1cc(OCCO[N+](=O)[O-])ccc1C. The number of hydrogen-bond acceptors (Lipinski definition) is 6. The van der Waals surface area contributed by atoms with Gasteiger partial charge in [0.25, 0.3) is 5.09 Å². The Balaban J connectivity index is 2.62. The van der Waals surface area contributed by atoms with Gasteiger partial charge in [-0.1, -0.05) is 13.0 Å². The molecule has 0 heterocycles. The molecule has 0 aromatic heterocycles. The third-order valence-corrected chi connectivity index (χ3v) is 2.79. The molecule has 0 fully saturated rings. The topological polar surface area (TPSA) is 117 Å². The molecule has 0 aliphatic rings. The molecule has 1 unspecified atom stereocenters. The summed E-state index contributed by atoms with van der Waals surface area (Å²) in [5, 5.41) is 11.8. The van der Waals surface area contributed by atoms with E-state index in [9.17, 15) is 14.9 Å². The number of aryl methyl sites for hydroxylation is 1. The van der Waals surface area contributed by atoms with Crippen LogP contribution in [-0.2, 0) is 9.63 Å². The van der Waals surface area contributed by atoms with E-state index in [1.54, 1.807) is 18.2 Å². The Morgan fingerprint density at radius 3 is 2.81 bits per heavy atom. The number of benzene rings is 1. The first-order chi connectivity index (χ1) is 9.93. The van der Waals surface area contributed by atoms with E-state index in [1.165, 1.54) is 0 Å². The van der Waals surface area contributed by atoms with Crippen LogP contribution in [0.2, 0.25) is 0 Å². The summed E-state index contributed by atoms with van der Waals surface area (Å²) in [5.41, 5.74) is 7.11. The van der Waals surface area contributed by atoms with E-state index < -0.39 is 11.1 Å². The van der Waals surface area contributed by atoms with Gasteiger partial charge in [0.05, 0.1) is 6.04 Å². The molecule has 8 nitrogen and oxygen atoms in total. The fraction of sp³-hybridized carbons (Fsp3) is 0.462. The van der Waals surface area contributed by atoms with E-state index in [0.717, 1.165) is 5.56 Å². The molecule has 0 saturated heterocycles. The van der Waals surface area contributed by atoms with Crippen molar-refractivity contribution in [2.75, 3.05) is 18.5 Å². The zero-order valence-electron chi connectivity index (χ0n) is 12.0. The van der Waals surface area contributed by atoms with Gasteiger partial charge in [-0.15, -0.1) is 10.1 Å². The number of carbonyl (C=O) groups excluding carboxylic acids is 1. The minimum absolute atomic E-state index is 0.0336. The normalized spacial score (nSPS) is 11.6. The molecule has 3 N–H and O–H groups in total. The van der Waals surface area contributed by atoms with Gasteiger partial charge >= 0.3 is 0 Å². The molecule has 0 bridgehead atoms. The largest absolute Gasteiger partial charge is 0.492 e. The first-order valence-corrected chi connectivity index (χ1v) is 6.51. The zero-order chi connectivity index (χ0) is 15.8. The van der Waals surface area contributed by atoms with Crippen LogP contribution in [-0.4, -0.2) is 30.2 Å². The van der Waals surface area contributed by atoms with E-state index >= 15 is 0 Å². The molecule has 0 saturated carbocycles. The van der Waals surface area contributed by atoms with Crippen molar-refractivity contribution in [2.45, 2.75) is 26.3 Å². The van der Waals surface area contributed by atoms with Crippen molar-refractivity contribution in [1.29, 1.82) is 0 Å². The van der Waals surface area contributed by atoms with Gasteiger partial charge in [0, 0.05) is 11.8 Å². The summed E-state index contributed by atoms with van der Waals surface area (Å²) >= 11 is 0. The van der Waals surface area contributed by atoms with Gasteiger partial charge in [-0.25, -0.2) is 0 Å². The third-order valence-electron chi connectivity index (χ3n) is 2.79. The monoisotopic (exact) mass is 297 g/mol. The van der Waals surface area contributed by atoms with Gasteiger partial charge in [0.15, 0.2) is 0 Å². The second-order valence-corrected chi connectivity index (χ2v) is 4.39. The molecule has 0 aliphatic carbocycles. The molecule has 0 radical (unpaired) electrons. The van der Waals surface area contributed by atoms with E-state index in [4.69, 9.17) is 10.5 Å². The molecule has 1 atom stereocenters. The number of rotatable bonds is 8. The number of ether oxygens (including phenoxy) is 1. The van der Waals surface area contributed by atoms with Crippen LogP contribution in [0.1, 0.15) is 18.9 Å². The highest BCUT2D eigenvalue weighted by Crippen LogP contribution is 2.22. The van der Waals surface area contributed by atoms with Gasteiger partial charge in [-0.05, 0) is 25.0 Å². The van der Waals surface area contributed by atoms with Gasteiger partial charge < -0.3 is 20.6 Å². The Labute approximate surface area is 122 Å². The highest BCUT2D eigenvalue weighted by atomic mass is 17.0. The van der Waals surface area contributed by atoms with Crippen LogP contribution >= 0.6 is 0 Å². The molecule has 1 rings (SSSR count). The number of amides is 1. The van der Waals surface area contributed by atoms with Crippen LogP contribution in [0.25, 0.3) is 0 Å². The average molecular weight is 297 g/mol.